The van der Waals surface area contributed by atoms with Gasteiger partial charge in [0.1, 0.15) is 11.4 Å². The maximum atomic E-state index is 5.64. The molecule has 1 aromatic carbocycles. The van der Waals surface area contributed by atoms with Crippen LogP contribution in [0.25, 0.3) is 0 Å². The van der Waals surface area contributed by atoms with Gasteiger partial charge in [0.25, 0.3) is 0 Å². The summed E-state index contributed by atoms with van der Waals surface area (Å²) in [6, 6.07) is 6.52. The van der Waals surface area contributed by atoms with Crippen molar-refractivity contribution >= 4 is 0 Å². The van der Waals surface area contributed by atoms with Gasteiger partial charge in [0.05, 0.1) is 0 Å². The zero-order valence-electron chi connectivity index (χ0n) is 9.64. The molecule has 0 spiro atoms. The first-order valence-electron chi connectivity index (χ1n) is 5.15. The summed E-state index contributed by atoms with van der Waals surface area (Å²) < 4.78 is 5.64. The number of ether oxygens (including phenoxy) is 1. The molecule has 1 nitrogen and oxygen atoms in total. The lowest BCUT2D eigenvalue weighted by Gasteiger charge is -2.39. The third-order valence-corrected chi connectivity index (χ3v) is 2.86. The molecular weight excluding hydrogens is 172 g/mol. The Labute approximate surface area is 86.1 Å². The fourth-order valence-corrected chi connectivity index (χ4v) is 1.84. The Kier molecular flexibility index (Phi) is 1.73. The normalized spacial score (nSPS) is 18.1. The molecule has 0 aromatic heterocycles. The summed E-state index contributed by atoms with van der Waals surface area (Å²) in [6.07, 6.45) is 0. The SMILES string of the molecule is CC(C)(C)c1ccc2c(c1)C(C)(C)O2. The highest BCUT2D eigenvalue weighted by molar-refractivity contribution is 5.48. The van der Waals surface area contributed by atoms with E-state index in [1.54, 1.807) is 0 Å². The molecule has 76 valence electrons. The van der Waals surface area contributed by atoms with E-state index < -0.39 is 0 Å². The van der Waals surface area contributed by atoms with Crippen LogP contribution in [-0.2, 0) is 11.0 Å². The van der Waals surface area contributed by atoms with Gasteiger partial charge in [0.15, 0.2) is 0 Å². The lowest BCUT2D eigenvalue weighted by molar-refractivity contribution is 0.0515. The van der Waals surface area contributed by atoms with E-state index in [9.17, 15) is 0 Å². The lowest BCUT2D eigenvalue weighted by Crippen LogP contribution is -2.35. The monoisotopic (exact) mass is 190 g/mol. The summed E-state index contributed by atoms with van der Waals surface area (Å²) in [4.78, 5) is 0. The third-order valence-electron chi connectivity index (χ3n) is 2.86. The Morgan fingerprint density at radius 3 is 2.29 bits per heavy atom. The molecule has 0 atom stereocenters. The van der Waals surface area contributed by atoms with Gasteiger partial charge in [-0.05, 0) is 37.0 Å². The van der Waals surface area contributed by atoms with Crippen LogP contribution in [0.5, 0.6) is 5.75 Å². The molecule has 0 N–H and O–H groups in total. The number of rotatable bonds is 0. The van der Waals surface area contributed by atoms with Crippen LogP contribution in [0.15, 0.2) is 18.2 Å². The smallest absolute Gasteiger partial charge is 0.132 e. The van der Waals surface area contributed by atoms with Crippen LogP contribution >= 0.6 is 0 Å². The van der Waals surface area contributed by atoms with Crippen molar-refractivity contribution < 1.29 is 4.74 Å². The lowest BCUT2D eigenvalue weighted by atomic mass is 9.82. The van der Waals surface area contributed by atoms with E-state index in [4.69, 9.17) is 4.74 Å². The summed E-state index contributed by atoms with van der Waals surface area (Å²) in [6.45, 7) is 10.9. The molecule has 2 rings (SSSR count). The molecule has 0 fully saturated rings. The van der Waals surface area contributed by atoms with Gasteiger partial charge in [-0.3, -0.25) is 0 Å². The van der Waals surface area contributed by atoms with E-state index in [2.05, 4.69) is 52.8 Å². The second-order valence-corrected chi connectivity index (χ2v) is 5.57. The number of fused-ring (bicyclic) bond motifs is 1. The molecule has 0 saturated heterocycles. The standard InChI is InChI=1S/C13H18O/c1-12(2,3)9-6-7-11-10(8-9)13(4,5)14-11/h6-8H,1-5H3. The fourth-order valence-electron chi connectivity index (χ4n) is 1.84. The van der Waals surface area contributed by atoms with E-state index in [-0.39, 0.29) is 11.0 Å². The Balaban J connectivity index is 2.46. The molecule has 0 bridgehead atoms. The second kappa shape index (κ2) is 2.53. The maximum Gasteiger partial charge on any atom is 0.132 e. The molecule has 1 aliphatic heterocycles. The summed E-state index contributed by atoms with van der Waals surface area (Å²) in [5.41, 5.74) is 2.86. The Morgan fingerprint density at radius 1 is 1.14 bits per heavy atom. The average molecular weight is 190 g/mol. The minimum Gasteiger partial charge on any atom is -0.483 e. The highest BCUT2D eigenvalue weighted by Crippen LogP contribution is 2.45. The number of benzene rings is 1. The predicted octanol–water partition coefficient (Wildman–Crippen LogP) is 3.61. The first-order valence-corrected chi connectivity index (χ1v) is 5.15. The fraction of sp³-hybridized carbons (Fsp3) is 0.538. The van der Waals surface area contributed by atoms with Crippen LogP contribution in [0.1, 0.15) is 45.7 Å². The van der Waals surface area contributed by atoms with E-state index in [1.807, 2.05) is 0 Å². The van der Waals surface area contributed by atoms with E-state index >= 15 is 0 Å². The van der Waals surface area contributed by atoms with Gasteiger partial charge in [-0.15, -0.1) is 0 Å². The molecule has 0 saturated carbocycles. The molecular formula is C13H18O. The average Bonchev–Trinajstić information content (AvgIpc) is 2.00. The summed E-state index contributed by atoms with van der Waals surface area (Å²) in [5, 5.41) is 0. The molecule has 0 amide bonds. The summed E-state index contributed by atoms with van der Waals surface area (Å²) >= 11 is 0. The zero-order valence-corrected chi connectivity index (χ0v) is 9.64. The molecule has 1 heterocycles. The Morgan fingerprint density at radius 2 is 1.79 bits per heavy atom. The van der Waals surface area contributed by atoms with Crippen molar-refractivity contribution in [2.24, 2.45) is 0 Å². The van der Waals surface area contributed by atoms with E-state index in [0.29, 0.717) is 0 Å². The zero-order chi connectivity index (χ0) is 10.6. The minimum atomic E-state index is -0.0867. The van der Waals surface area contributed by atoms with Crippen molar-refractivity contribution in [1.29, 1.82) is 0 Å². The summed E-state index contributed by atoms with van der Waals surface area (Å²) in [7, 11) is 0. The van der Waals surface area contributed by atoms with Gasteiger partial charge < -0.3 is 4.74 Å². The maximum absolute atomic E-state index is 5.64. The first kappa shape index (κ1) is 9.57. The summed E-state index contributed by atoms with van der Waals surface area (Å²) in [5.74, 6) is 1.04. The molecule has 1 heteroatoms. The van der Waals surface area contributed by atoms with Crippen LogP contribution in [-0.4, -0.2) is 0 Å². The Hall–Kier alpha value is -0.980. The Bertz CT molecular complexity index is 369. The van der Waals surface area contributed by atoms with Gasteiger partial charge in [0.2, 0.25) is 0 Å². The number of hydrogen-bond acceptors (Lipinski definition) is 1. The quantitative estimate of drug-likeness (QED) is 0.607. The van der Waals surface area contributed by atoms with Crippen LogP contribution in [0.3, 0.4) is 0 Å². The van der Waals surface area contributed by atoms with Crippen LogP contribution < -0.4 is 4.74 Å². The van der Waals surface area contributed by atoms with Crippen molar-refractivity contribution in [3.8, 4) is 5.75 Å². The van der Waals surface area contributed by atoms with Gasteiger partial charge >= 0.3 is 0 Å². The van der Waals surface area contributed by atoms with Gasteiger partial charge in [-0.25, -0.2) is 0 Å². The molecule has 1 aromatic rings. The van der Waals surface area contributed by atoms with Crippen LogP contribution in [0.2, 0.25) is 0 Å². The van der Waals surface area contributed by atoms with Crippen molar-refractivity contribution in [2.45, 2.75) is 45.6 Å². The van der Waals surface area contributed by atoms with E-state index in [1.165, 1.54) is 11.1 Å². The molecule has 0 unspecified atom stereocenters. The van der Waals surface area contributed by atoms with Crippen LogP contribution in [0, 0.1) is 0 Å². The van der Waals surface area contributed by atoms with Crippen LogP contribution in [0.4, 0.5) is 0 Å². The first-order chi connectivity index (χ1) is 6.31. The van der Waals surface area contributed by atoms with Crippen molar-refractivity contribution in [2.75, 3.05) is 0 Å². The third kappa shape index (κ3) is 1.31. The minimum absolute atomic E-state index is 0.0867. The molecule has 1 aliphatic rings. The van der Waals surface area contributed by atoms with Gasteiger partial charge in [-0.2, -0.15) is 0 Å². The highest BCUT2D eigenvalue weighted by Gasteiger charge is 2.36. The predicted molar refractivity (Wildman–Crippen MR) is 58.8 cm³/mol. The largest absolute Gasteiger partial charge is 0.483 e. The van der Waals surface area contributed by atoms with Crippen molar-refractivity contribution in [3.63, 3.8) is 0 Å². The molecule has 0 aliphatic carbocycles. The second-order valence-electron chi connectivity index (χ2n) is 5.57. The number of hydrogen-bond donors (Lipinski definition) is 0. The van der Waals surface area contributed by atoms with E-state index in [0.717, 1.165) is 5.75 Å². The topological polar surface area (TPSA) is 9.23 Å². The molecule has 14 heavy (non-hydrogen) atoms. The highest BCUT2D eigenvalue weighted by atomic mass is 16.5. The van der Waals surface area contributed by atoms with Gasteiger partial charge in [-0.1, -0.05) is 26.8 Å². The van der Waals surface area contributed by atoms with Crippen molar-refractivity contribution in [1.82, 2.24) is 0 Å². The van der Waals surface area contributed by atoms with Gasteiger partial charge in [0, 0.05) is 5.56 Å². The molecule has 0 radical (unpaired) electrons. The van der Waals surface area contributed by atoms with Crippen molar-refractivity contribution in [3.05, 3.63) is 29.3 Å².